The van der Waals surface area contributed by atoms with Gasteiger partial charge in [-0.05, 0) is 42.8 Å². The fourth-order valence-electron chi connectivity index (χ4n) is 2.67. The van der Waals surface area contributed by atoms with Gasteiger partial charge in [0.2, 0.25) is 5.13 Å². The minimum Gasteiger partial charge on any atom is -0.497 e. The maximum absolute atomic E-state index is 12.3. The number of nitrogens with zero attached hydrogens (tertiary/aromatic N) is 3. The number of thioether (sulfide) groups is 1. The quantitative estimate of drug-likeness (QED) is 0.461. The molecule has 0 bridgehead atoms. The lowest BCUT2D eigenvalue weighted by atomic mass is 10.1. The van der Waals surface area contributed by atoms with Crippen molar-refractivity contribution in [3.63, 3.8) is 0 Å². The summed E-state index contributed by atoms with van der Waals surface area (Å²) in [7, 11) is 1.63. The van der Waals surface area contributed by atoms with Crippen LogP contribution < -0.4 is 15.6 Å². The summed E-state index contributed by atoms with van der Waals surface area (Å²) in [5, 5.41) is 12.9. The molecular weight excluding hydrogens is 394 g/mol. The lowest BCUT2D eigenvalue weighted by Gasteiger charge is -2.04. The Hall–Kier alpha value is -2.91. The third-order valence-electron chi connectivity index (χ3n) is 4.07. The van der Waals surface area contributed by atoms with Crippen molar-refractivity contribution in [2.45, 2.75) is 17.0 Å². The molecule has 2 aromatic carbocycles. The van der Waals surface area contributed by atoms with E-state index in [1.54, 1.807) is 13.2 Å². The molecule has 28 heavy (non-hydrogen) atoms. The largest absolute Gasteiger partial charge is 0.497 e. The molecular formula is C19H17N5O2S2. The van der Waals surface area contributed by atoms with Gasteiger partial charge in [-0.2, -0.15) is 0 Å². The van der Waals surface area contributed by atoms with Gasteiger partial charge in [-0.15, -0.1) is 10.2 Å². The summed E-state index contributed by atoms with van der Waals surface area (Å²) in [6.07, 6.45) is 0. The van der Waals surface area contributed by atoms with Gasteiger partial charge < -0.3 is 15.0 Å². The van der Waals surface area contributed by atoms with Crippen LogP contribution in [0.2, 0.25) is 0 Å². The van der Waals surface area contributed by atoms with Gasteiger partial charge in [0.05, 0.1) is 23.8 Å². The number of benzene rings is 2. The van der Waals surface area contributed by atoms with E-state index in [-0.39, 0.29) is 5.56 Å². The van der Waals surface area contributed by atoms with Crippen LogP contribution in [0.5, 0.6) is 5.75 Å². The first-order valence-corrected chi connectivity index (χ1v) is 10.3. The Balaban J connectivity index is 1.45. The number of rotatable bonds is 6. The van der Waals surface area contributed by atoms with Crippen LogP contribution in [0.15, 0.2) is 51.6 Å². The van der Waals surface area contributed by atoms with Gasteiger partial charge in [-0.3, -0.25) is 4.79 Å². The van der Waals surface area contributed by atoms with Crippen molar-refractivity contribution >= 4 is 44.8 Å². The van der Waals surface area contributed by atoms with Crippen molar-refractivity contribution in [1.82, 2.24) is 20.2 Å². The van der Waals surface area contributed by atoms with Crippen LogP contribution in [0.1, 0.15) is 11.4 Å². The molecule has 0 unspecified atom stereocenters. The third-order valence-corrected chi connectivity index (χ3v) is 6.05. The molecule has 142 valence electrons. The zero-order chi connectivity index (χ0) is 19.5. The van der Waals surface area contributed by atoms with E-state index in [0.717, 1.165) is 26.9 Å². The summed E-state index contributed by atoms with van der Waals surface area (Å²) < 4.78 is 5.95. The standard InChI is InChI=1S/C19H17N5O2S2/c1-11-4-3-5-14-16(11)21-15(22-17(14)25)10-27-19-24-23-18(28-19)20-12-6-8-13(26-2)9-7-12/h3-9H,10H2,1-2H3,(H,20,23)(H,21,22,25). The summed E-state index contributed by atoms with van der Waals surface area (Å²) in [4.78, 5) is 19.7. The molecule has 0 fully saturated rings. The molecule has 0 spiro atoms. The first-order valence-electron chi connectivity index (χ1n) is 8.48. The van der Waals surface area contributed by atoms with E-state index < -0.39 is 0 Å². The second-order valence-corrected chi connectivity index (χ2v) is 8.20. The lowest BCUT2D eigenvalue weighted by molar-refractivity contribution is 0.415. The first-order chi connectivity index (χ1) is 13.6. The molecule has 0 radical (unpaired) electrons. The van der Waals surface area contributed by atoms with Crippen molar-refractivity contribution in [1.29, 1.82) is 0 Å². The van der Waals surface area contributed by atoms with Gasteiger partial charge in [0, 0.05) is 5.69 Å². The van der Waals surface area contributed by atoms with Gasteiger partial charge >= 0.3 is 0 Å². The Labute approximate surface area is 169 Å². The number of aromatic nitrogens is 4. The van der Waals surface area contributed by atoms with Crippen molar-refractivity contribution in [2.24, 2.45) is 0 Å². The summed E-state index contributed by atoms with van der Waals surface area (Å²) in [5.41, 5.74) is 2.51. The van der Waals surface area contributed by atoms with Crippen molar-refractivity contribution in [2.75, 3.05) is 12.4 Å². The predicted octanol–water partition coefficient (Wildman–Crippen LogP) is 4.13. The van der Waals surface area contributed by atoms with Crippen molar-refractivity contribution in [3.8, 4) is 5.75 Å². The second kappa shape index (κ2) is 7.99. The number of fused-ring (bicyclic) bond motifs is 1. The number of aryl methyl sites for hydroxylation is 1. The molecule has 0 saturated heterocycles. The number of nitrogens with one attached hydrogen (secondary N) is 2. The van der Waals surface area contributed by atoms with Crippen molar-refractivity contribution < 1.29 is 4.74 Å². The van der Waals surface area contributed by atoms with E-state index in [4.69, 9.17) is 4.74 Å². The van der Waals surface area contributed by atoms with Crippen LogP contribution in [-0.4, -0.2) is 27.3 Å². The predicted molar refractivity (Wildman–Crippen MR) is 113 cm³/mol. The molecule has 0 aliphatic heterocycles. The van der Waals surface area contributed by atoms with Crippen LogP contribution in [-0.2, 0) is 5.75 Å². The van der Waals surface area contributed by atoms with Crippen molar-refractivity contribution in [3.05, 3.63) is 64.2 Å². The number of para-hydroxylation sites is 1. The average Bonchev–Trinajstić information content (AvgIpc) is 3.15. The maximum atomic E-state index is 12.3. The molecule has 2 heterocycles. The number of anilines is 2. The average molecular weight is 412 g/mol. The molecule has 9 heteroatoms. The molecule has 0 atom stereocenters. The van der Waals surface area contributed by atoms with Crippen LogP contribution in [0.25, 0.3) is 10.9 Å². The fourth-order valence-corrected chi connectivity index (χ4v) is 4.31. The highest BCUT2D eigenvalue weighted by Crippen LogP contribution is 2.29. The highest BCUT2D eigenvalue weighted by Gasteiger charge is 2.09. The van der Waals surface area contributed by atoms with Gasteiger partial charge in [0.1, 0.15) is 11.6 Å². The smallest absolute Gasteiger partial charge is 0.258 e. The number of hydrogen-bond acceptors (Lipinski definition) is 8. The van der Waals surface area contributed by atoms with Gasteiger partial charge in [0.15, 0.2) is 4.34 Å². The topological polar surface area (TPSA) is 92.8 Å². The highest BCUT2D eigenvalue weighted by atomic mass is 32.2. The fraction of sp³-hybridized carbons (Fsp3) is 0.158. The molecule has 0 aliphatic carbocycles. The van der Waals surface area contributed by atoms with E-state index in [0.29, 0.717) is 22.1 Å². The lowest BCUT2D eigenvalue weighted by Crippen LogP contribution is -2.11. The Morgan fingerprint density at radius 1 is 1.18 bits per heavy atom. The van der Waals surface area contributed by atoms with E-state index in [1.165, 1.54) is 23.1 Å². The van der Waals surface area contributed by atoms with E-state index >= 15 is 0 Å². The number of H-pyrrole nitrogens is 1. The van der Waals surface area contributed by atoms with Crippen LogP contribution in [0.3, 0.4) is 0 Å². The number of aromatic amines is 1. The summed E-state index contributed by atoms with van der Waals surface area (Å²) in [6, 6.07) is 13.2. The molecule has 4 rings (SSSR count). The Kier molecular flexibility index (Phi) is 5.27. The van der Waals surface area contributed by atoms with E-state index in [1.807, 2.05) is 43.3 Å². The van der Waals surface area contributed by atoms with Crippen LogP contribution in [0.4, 0.5) is 10.8 Å². The second-order valence-electron chi connectivity index (χ2n) is 6.00. The zero-order valence-electron chi connectivity index (χ0n) is 15.2. The van der Waals surface area contributed by atoms with E-state index in [2.05, 4.69) is 25.5 Å². The molecule has 7 nitrogen and oxygen atoms in total. The van der Waals surface area contributed by atoms with E-state index in [9.17, 15) is 4.79 Å². The number of ether oxygens (including phenoxy) is 1. The summed E-state index contributed by atoms with van der Waals surface area (Å²) >= 11 is 2.93. The number of hydrogen-bond donors (Lipinski definition) is 2. The normalized spacial score (nSPS) is 10.9. The van der Waals surface area contributed by atoms with Gasteiger partial charge in [0.25, 0.3) is 5.56 Å². The molecule has 4 aromatic rings. The van der Waals surface area contributed by atoms with Crippen LogP contribution in [0, 0.1) is 6.92 Å². The first kappa shape index (κ1) is 18.5. The van der Waals surface area contributed by atoms with Gasteiger partial charge in [-0.1, -0.05) is 35.2 Å². The summed E-state index contributed by atoms with van der Waals surface area (Å²) in [5.74, 6) is 1.93. The highest BCUT2D eigenvalue weighted by molar-refractivity contribution is 8.00. The Morgan fingerprint density at radius 2 is 2.00 bits per heavy atom. The molecule has 2 aromatic heterocycles. The molecule has 0 aliphatic rings. The Morgan fingerprint density at radius 3 is 2.79 bits per heavy atom. The maximum Gasteiger partial charge on any atom is 0.258 e. The number of methoxy groups -OCH3 is 1. The third kappa shape index (κ3) is 4.00. The molecule has 0 saturated carbocycles. The SMILES string of the molecule is COc1ccc(Nc2nnc(SCc3nc4c(C)cccc4c(=O)[nH]3)s2)cc1. The summed E-state index contributed by atoms with van der Waals surface area (Å²) in [6.45, 7) is 1.95. The zero-order valence-corrected chi connectivity index (χ0v) is 16.9. The van der Waals surface area contributed by atoms with Gasteiger partial charge in [-0.25, -0.2) is 4.98 Å². The minimum absolute atomic E-state index is 0.122. The minimum atomic E-state index is -0.122. The molecule has 0 amide bonds. The monoisotopic (exact) mass is 411 g/mol. The Bertz CT molecular complexity index is 1170. The molecule has 2 N–H and O–H groups in total. The van der Waals surface area contributed by atoms with Crippen LogP contribution >= 0.6 is 23.1 Å².